The third-order valence-electron chi connectivity index (χ3n) is 3.79. The van der Waals surface area contributed by atoms with Gasteiger partial charge in [-0.3, -0.25) is 14.2 Å². The number of nitrogens with two attached hydrogens (primary N) is 1. The predicted octanol–water partition coefficient (Wildman–Crippen LogP) is 2.97. The first-order chi connectivity index (χ1) is 12.0. The molecule has 5 nitrogen and oxygen atoms in total. The number of nitrogens with zero attached hydrogens (tertiary/aromatic N) is 2. The SMILES string of the molecule is Cc1cc(C)cc(-n2c(SCCC(N)=O)nc3ccccc3c2=O)c1. The van der Waals surface area contributed by atoms with E-state index in [1.807, 2.05) is 44.2 Å². The zero-order valence-electron chi connectivity index (χ0n) is 14.2. The number of aromatic nitrogens is 2. The normalized spacial score (nSPS) is 11.0. The van der Waals surface area contributed by atoms with Crippen molar-refractivity contribution in [2.45, 2.75) is 25.4 Å². The van der Waals surface area contributed by atoms with Crippen LogP contribution in [-0.2, 0) is 4.79 Å². The lowest BCUT2D eigenvalue weighted by atomic mass is 10.1. The largest absolute Gasteiger partial charge is 0.370 e. The van der Waals surface area contributed by atoms with Crippen LogP contribution in [0.2, 0.25) is 0 Å². The minimum absolute atomic E-state index is 0.114. The zero-order valence-corrected chi connectivity index (χ0v) is 15.0. The molecule has 0 saturated carbocycles. The maximum atomic E-state index is 13.1. The van der Waals surface area contributed by atoms with Gasteiger partial charge in [-0.25, -0.2) is 4.98 Å². The molecule has 0 bridgehead atoms. The highest BCUT2D eigenvalue weighted by molar-refractivity contribution is 7.99. The molecule has 6 heteroatoms. The number of hydrogen-bond acceptors (Lipinski definition) is 4. The standard InChI is InChI=1S/C19H19N3O2S/c1-12-9-13(2)11-14(10-12)22-18(24)15-5-3-4-6-16(15)21-19(22)25-8-7-17(20)23/h3-6,9-11H,7-8H2,1-2H3,(H2,20,23). The summed E-state index contributed by atoms with van der Waals surface area (Å²) < 4.78 is 1.62. The third kappa shape index (κ3) is 3.74. The second-order valence-electron chi connectivity index (χ2n) is 5.96. The Bertz CT molecular complexity index is 991. The second-order valence-corrected chi connectivity index (χ2v) is 7.02. The summed E-state index contributed by atoms with van der Waals surface area (Å²) in [5.74, 6) is 0.110. The number of benzene rings is 2. The Morgan fingerprint density at radius 2 is 1.84 bits per heavy atom. The Morgan fingerprint density at radius 3 is 2.52 bits per heavy atom. The average Bonchev–Trinajstić information content (AvgIpc) is 2.54. The molecule has 1 aromatic heterocycles. The number of aryl methyl sites for hydroxylation is 2. The van der Waals surface area contributed by atoms with Crippen LogP contribution >= 0.6 is 11.8 Å². The summed E-state index contributed by atoms with van der Waals surface area (Å²) in [6.45, 7) is 3.99. The van der Waals surface area contributed by atoms with E-state index in [0.29, 0.717) is 21.8 Å². The number of thioether (sulfide) groups is 1. The van der Waals surface area contributed by atoms with Crippen molar-refractivity contribution >= 4 is 28.6 Å². The molecule has 3 rings (SSSR count). The van der Waals surface area contributed by atoms with Crippen molar-refractivity contribution in [1.82, 2.24) is 9.55 Å². The van der Waals surface area contributed by atoms with E-state index in [2.05, 4.69) is 11.1 Å². The van der Waals surface area contributed by atoms with Crippen molar-refractivity contribution in [2.24, 2.45) is 5.73 Å². The molecule has 0 aliphatic carbocycles. The van der Waals surface area contributed by atoms with Crippen molar-refractivity contribution in [1.29, 1.82) is 0 Å². The second kappa shape index (κ2) is 7.11. The molecule has 25 heavy (non-hydrogen) atoms. The fraction of sp³-hybridized carbons (Fsp3) is 0.211. The van der Waals surface area contributed by atoms with Crippen LogP contribution < -0.4 is 11.3 Å². The van der Waals surface area contributed by atoms with Crippen molar-refractivity contribution < 1.29 is 4.79 Å². The van der Waals surface area contributed by atoms with Crippen LogP contribution in [0.4, 0.5) is 0 Å². The van der Waals surface area contributed by atoms with Crippen molar-refractivity contribution in [3.8, 4) is 5.69 Å². The number of carbonyl (C=O) groups excluding carboxylic acids is 1. The van der Waals surface area contributed by atoms with Crippen LogP contribution in [0.5, 0.6) is 0 Å². The number of amides is 1. The van der Waals surface area contributed by atoms with Crippen LogP contribution in [0.3, 0.4) is 0 Å². The van der Waals surface area contributed by atoms with E-state index in [1.54, 1.807) is 10.6 Å². The summed E-state index contributed by atoms with van der Waals surface area (Å²) in [6, 6.07) is 13.3. The van der Waals surface area contributed by atoms with E-state index in [9.17, 15) is 9.59 Å². The Morgan fingerprint density at radius 1 is 1.16 bits per heavy atom. The molecule has 2 N–H and O–H groups in total. The third-order valence-corrected chi connectivity index (χ3v) is 4.73. The molecule has 3 aromatic rings. The summed E-state index contributed by atoms with van der Waals surface area (Å²) in [4.78, 5) is 28.8. The molecule has 0 spiro atoms. The average molecular weight is 353 g/mol. The van der Waals surface area contributed by atoms with E-state index < -0.39 is 0 Å². The lowest BCUT2D eigenvalue weighted by Crippen LogP contribution is -2.22. The van der Waals surface area contributed by atoms with Crippen LogP contribution in [0, 0.1) is 13.8 Å². The lowest BCUT2D eigenvalue weighted by Gasteiger charge is -2.14. The summed E-state index contributed by atoms with van der Waals surface area (Å²) in [6.07, 6.45) is 0.236. The van der Waals surface area contributed by atoms with Gasteiger partial charge in [-0.1, -0.05) is 30.0 Å². The monoisotopic (exact) mass is 353 g/mol. The summed E-state index contributed by atoms with van der Waals surface area (Å²) >= 11 is 1.36. The highest BCUT2D eigenvalue weighted by atomic mass is 32.2. The van der Waals surface area contributed by atoms with Gasteiger partial charge in [-0.15, -0.1) is 0 Å². The Kier molecular flexibility index (Phi) is 4.90. The van der Waals surface area contributed by atoms with E-state index in [0.717, 1.165) is 16.8 Å². The Labute approximate surface area is 149 Å². The summed E-state index contributed by atoms with van der Waals surface area (Å²) in [5, 5.41) is 1.14. The van der Waals surface area contributed by atoms with Gasteiger partial charge in [0.05, 0.1) is 16.6 Å². The first-order valence-corrected chi connectivity index (χ1v) is 8.96. The molecule has 0 radical (unpaired) electrons. The zero-order chi connectivity index (χ0) is 18.0. The van der Waals surface area contributed by atoms with Gasteiger partial charge in [0.15, 0.2) is 5.16 Å². The van der Waals surface area contributed by atoms with Gasteiger partial charge in [-0.2, -0.15) is 0 Å². The highest BCUT2D eigenvalue weighted by Gasteiger charge is 2.14. The van der Waals surface area contributed by atoms with Gasteiger partial charge >= 0.3 is 0 Å². The molecule has 0 aliphatic heterocycles. The van der Waals surface area contributed by atoms with Gasteiger partial charge in [0.25, 0.3) is 5.56 Å². The van der Waals surface area contributed by atoms with E-state index >= 15 is 0 Å². The topological polar surface area (TPSA) is 78.0 Å². The summed E-state index contributed by atoms with van der Waals surface area (Å²) in [7, 11) is 0. The van der Waals surface area contributed by atoms with Gasteiger partial charge in [0.1, 0.15) is 0 Å². The number of fused-ring (bicyclic) bond motifs is 1. The van der Waals surface area contributed by atoms with Crippen molar-refractivity contribution in [3.05, 3.63) is 63.9 Å². The molecule has 0 atom stereocenters. The first-order valence-electron chi connectivity index (χ1n) is 7.97. The molecule has 0 unspecified atom stereocenters. The maximum absolute atomic E-state index is 13.1. The van der Waals surface area contributed by atoms with Gasteiger partial charge in [0, 0.05) is 12.2 Å². The van der Waals surface area contributed by atoms with Crippen LogP contribution in [0.15, 0.2) is 52.4 Å². The van der Waals surface area contributed by atoms with Crippen molar-refractivity contribution in [2.75, 3.05) is 5.75 Å². The van der Waals surface area contributed by atoms with E-state index in [1.165, 1.54) is 11.8 Å². The van der Waals surface area contributed by atoms with Gasteiger partial charge in [-0.05, 0) is 49.2 Å². The molecule has 0 fully saturated rings. The highest BCUT2D eigenvalue weighted by Crippen LogP contribution is 2.23. The fourth-order valence-electron chi connectivity index (χ4n) is 2.76. The summed E-state index contributed by atoms with van der Waals surface area (Å²) in [5.41, 5.74) is 8.68. The number of hydrogen-bond donors (Lipinski definition) is 1. The molecule has 1 heterocycles. The number of carbonyl (C=O) groups is 1. The Hall–Kier alpha value is -2.60. The van der Waals surface area contributed by atoms with Gasteiger partial charge in [0.2, 0.25) is 5.91 Å². The van der Waals surface area contributed by atoms with E-state index in [-0.39, 0.29) is 17.9 Å². The van der Waals surface area contributed by atoms with Crippen LogP contribution in [0.1, 0.15) is 17.5 Å². The minimum Gasteiger partial charge on any atom is -0.370 e. The molecule has 2 aromatic carbocycles. The van der Waals surface area contributed by atoms with E-state index in [4.69, 9.17) is 5.73 Å². The minimum atomic E-state index is -0.367. The molecule has 1 amide bonds. The fourth-order valence-corrected chi connectivity index (χ4v) is 3.73. The van der Waals surface area contributed by atoms with Gasteiger partial charge < -0.3 is 5.73 Å². The quantitative estimate of drug-likeness (QED) is 0.565. The van der Waals surface area contributed by atoms with Crippen LogP contribution in [0.25, 0.3) is 16.6 Å². The lowest BCUT2D eigenvalue weighted by molar-refractivity contribution is -0.117. The molecule has 128 valence electrons. The number of rotatable bonds is 5. The Balaban J connectivity index is 2.20. The number of para-hydroxylation sites is 1. The predicted molar refractivity (Wildman–Crippen MR) is 101 cm³/mol. The molecule has 0 aliphatic rings. The van der Waals surface area contributed by atoms with Crippen molar-refractivity contribution in [3.63, 3.8) is 0 Å². The molecule has 0 saturated heterocycles. The number of primary amides is 1. The maximum Gasteiger partial charge on any atom is 0.266 e. The first kappa shape index (κ1) is 17.2. The molecular weight excluding hydrogens is 334 g/mol. The molecular formula is C19H19N3O2S. The smallest absolute Gasteiger partial charge is 0.266 e. The van der Waals surface area contributed by atoms with Crippen LogP contribution in [-0.4, -0.2) is 21.2 Å².